The molecule has 2 rings (SSSR count). The minimum absolute atomic E-state index is 0.185. The number of carbonyl (C=O) groups is 2. The predicted molar refractivity (Wildman–Crippen MR) is 119 cm³/mol. The van der Waals surface area contributed by atoms with E-state index in [2.05, 4.69) is 5.32 Å². The maximum Gasteiger partial charge on any atom is 0.261 e. The van der Waals surface area contributed by atoms with Gasteiger partial charge in [-0.25, -0.2) is 0 Å². The maximum atomic E-state index is 13.1. The van der Waals surface area contributed by atoms with Gasteiger partial charge in [0, 0.05) is 12.1 Å². The number of amides is 2. The van der Waals surface area contributed by atoms with Crippen molar-refractivity contribution >= 4 is 11.8 Å². The fourth-order valence-corrected chi connectivity index (χ4v) is 2.88. The van der Waals surface area contributed by atoms with E-state index in [4.69, 9.17) is 14.2 Å². The van der Waals surface area contributed by atoms with Crippen molar-refractivity contribution in [2.45, 2.75) is 45.8 Å². The Morgan fingerprint density at radius 2 is 1.39 bits per heavy atom. The van der Waals surface area contributed by atoms with Crippen molar-refractivity contribution in [3.63, 3.8) is 0 Å². The summed E-state index contributed by atoms with van der Waals surface area (Å²) in [5.41, 5.74) is 0.480. The van der Waals surface area contributed by atoms with E-state index in [-0.39, 0.29) is 25.0 Å². The van der Waals surface area contributed by atoms with E-state index < -0.39 is 11.6 Å². The van der Waals surface area contributed by atoms with Gasteiger partial charge in [-0.2, -0.15) is 0 Å². The van der Waals surface area contributed by atoms with Crippen molar-refractivity contribution in [2.24, 2.45) is 0 Å². The molecule has 0 unspecified atom stereocenters. The SMILES string of the molecule is COc1ccc(CN(C(=O)COc2ccc(OC)cc2)[C@H](C)C(=O)NC(C)(C)C)cc1. The molecule has 0 bridgehead atoms. The lowest BCUT2D eigenvalue weighted by molar-refractivity contribution is -0.142. The Morgan fingerprint density at radius 3 is 1.87 bits per heavy atom. The topological polar surface area (TPSA) is 77.1 Å². The Kier molecular flexibility index (Phi) is 8.30. The molecule has 0 aromatic heterocycles. The molecule has 0 spiro atoms. The number of hydrogen-bond acceptors (Lipinski definition) is 5. The summed E-state index contributed by atoms with van der Waals surface area (Å²) < 4.78 is 16.0. The van der Waals surface area contributed by atoms with Gasteiger partial charge in [0.05, 0.1) is 14.2 Å². The van der Waals surface area contributed by atoms with Crippen LogP contribution in [0.3, 0.4) is 0 Å². The molecule has 2 amide bonds. The maximum absolute atomic E-state index is 13.1. The van der Waals surface area contributed by atoms with E-state index in [0.29, 0.717) is 11.5 Å². The van der Waals surface area contributed by atoms with Gasteiger partial charge < -0.3 is 24.4 Å². The third-order valence-electron chi connectivity index (χ3n) is 4.60. The Bertz CT molecular complexity index is 857. The first kappa shape index (κ1) is 24.1. The zero-order chi connectivity index (χ0) is 23.0. The fraction of sp³-hybridized carbons (Fsp3) is 0.417. The molecule has 0 heterocycles. The van der Waals surface area contributed by atoms with E-state index in [1.807, 2.05) is 45.0 Å². The van der Waals surface area contributed by atoms with Gasteiger partial charge in [-0.05, 0) is 69.7 Å². The second-order valence-corrected chi connectivity index (χ2v) is 8.25. The van der Waals surface area contributed by atoms with Crippen LogP contribution in [0, 0.1) is 0 Å². The zero-order valence-corrected chi connectivity index (χ0v) is 19.1. The molecule has 0 saturated heterocycles. The highest BCUT2D eigenvalue weighted by atomic mass is 16.5. The Hall–Kier alpha value is -3.22. The molecule has 0 aliphatic rings. The van der Waals surface area contributed by atoms with Gasteiger partial charge in [-0.1, -0.05) is 12.1 Å². The van der Waals surface area contributed by atoms with Crippen LogP contribution in [0.1, 0.15) is 33.3 Å². The molecule has 7 nitrogen and oxygen atoms in total. The second kappa shape index (κ2) is 10.7. The first-order valence-corrected chi connectivity index (χ1v) is 10.1. The molecule has 1 N–H and O–H groups in total. The Labute approximate surface area is 184 Å². The van der Waals surface area contributed by atoms with Crippen LogP contribution >= 0.6 is 0 Å². The Morgan fingerprint density at radius 1 is 0.903 bits per heavy atom. The summed E-state index contributed by atoms with van der Waals surface area (Å²) in [5, 5.41) is 2.94. The molecule has 1 atom stereocenters. The summed E-state index contributed by atoms with van der Waals surface area (Å²) in [7, 11) is 3.18. The first-order chi connectivity index (χ1) is 14.6. The number of nitrogens with zero attached hydrogens (tertiary/aromatic N) is 1. The van der Waals surface area contributed by atoms with Crippen molar-refractivity contribution in [3.05, 3.63) is 54.1 Å². The quantitative estimate of drug-likeness (QED) is 0.662. The molecular formula is C24H32N2O5. The van der Waals surface area contributed by atoms with Gasteiger partial charge >= 0.3 is 0 Å². The van der Waals surface area contributed by atoms with Crippen LogP contribution in [0.25, 0.3) is 0 Å². The average molecular weight is 429 g/mol. The standard InChI is InChI=1S/C24H32N2O5/c1-17(23(28)25-24(2,3)4)26(15-18-7-9-19(29-5)10-8-18)22(27)16-31-21-13-11-20(30-6)12-14-21/h7-14,17H,15-16H2,1-6H3,(H,25,28)/t17-/m1/s1. The van der Waals surface area contributed by atoms with Crippen molar-refractivity contribution in [2.75, 3.05) is 20.8 Å². The van der Waals surface area contributed by atoms with Crippen molar-refractivity contribution < 1.29 is 23.8 Å². The monoisotopic (exact) mass is 428 g/mol. The molecule has 0 fully saturated rings. The molecule has 31 heavy (non-hydrogen) atoms. The molecule has 0 aliphatic carbocycles. The van der Waals surface area contributed by atoms with Crippen LogP contribution in [0.4, 0.5) is 0 Å². The summed E-state index contributed by atoms with van der Waals surface area (Å²) in [6.45, 7) is 7.51. The number of hydrogen-bond donors (Lipinski definition) is 1. The summed E-state index contributed by atoms with van der Waals surface area (Å²) >= 11 is 0. The molecule has 168 valence electrons. The number of methoxy groups -OCH3 is 2. The highest BCUT2D eigenvalue weighted by Gasteiger charge is 2.28. The number of nitrogens with one attached hydrogen (secondary N) is 1. The number of ether oxygens (including phenoxy) is 3. The van der Waals surface area contributed by atoms with Crippen molar-refractivity contribution in [1.82, 2.24) is 10.2 Å². The van der Waals surface area contributed by atoms with E-state index >= 15 is 0 Å². The lowest BCUT2D eigenvalue weighted by atomic mass is 10.1. The van der Waals surface area contributed by atoms with E-state index in [9.17, 15) is 9.59 Å². The van der Waals surface area contributed by atoms with Gasteiger partial charge in [-0.15, -0.1) is 0 Å². The molecule has 2 aromatic carbocycles. The van der Waals surface area contributed by atoms with E-state index in [0.717, 1.165) is 11.3 Å². The third kappa shape index (κ3) is 7.51. The van der Waals surface area contributed by atoms with E-state index in [1.54, 1.807) is 45.4 Å². The van der Waals surface area contributed by atoms with Gasteiger partial charge in [0.1, 0.15) is 23.3 Å². The lowest BCUT2D eigenvalue weighted by Crippen LogP contribution is -2.53. The highest BCUT2D eigenvalue weighted by molar-refractivity contribution is 5.88. The van der Waals surface area contributed by atoms with Gasteiger partial charge in [0.15, 0.2) is 6.61 Å². The van der Waals surface area contributed by atoms with Crippen LogP contribution in [0.2, 0.25) is 0 Å². The Balaban J connectivity index is 2.15. The summed E-state index contributed by atoms with van der Waals surface area (Å²) in [6.07, 6.45) is 0. The zero-order valence-electron chi connectivity index (χ0n) is 19.1. The van der Waals surface area contributed by atoms with Gasteiger partial charge in [0.25, 0.3) is 5.91 Å². The van der Waals surface area contributed by atoms with Crippen molar-refractivity contribution in [3.8, 4) is 17.2 Å². The lowest BCUT2D eigenvalue weighted by Gasteiger charge is -2.31. The van der Waals surface area contributed by atoms with Gasteiger partial charge in [-0.3, -0.25) is 9.59 Å². The minimum Gasteiger partial charge on any atom is -0.497 e. The smallest absolute Gasteiger partial charge is 0.261 e. The minimum atomic E-state index is -0.673. The van der Waals surface area contributed by atoms with Crippen LogP contribution < -0.4 is 19.5 Å². The number of benzene rings is 2. The van der Waals surface area contributed by atoms with Crippen LogP contribution in [-0.2, 0) is 16.1 Å². The number of carbonyl (C=O) groups excluding carboxylic acids is 2. The number of rotatable bonds is 9. The molecular weight excluding hydrogens is 396 g/mol. The summed E-state index contributed by atoms with van der Waals surface area (Å²) in [5.74, 6) is 1.46. The van der Waals surface area contributed by atoms with Crippen LogP contribution in [0.5, 0.6) is 17.2 Å². The third-order valence-corrected chi connectivity index (χ3v) is 4.60. The first-order valence-electron chi connectivity index (χ1n) is 10.1. The summed E-state index contributed by atoms with van der Waals surface area (Å²) in [4.78, 5) is 27.3. The molecule has 0 radical (unpaired) electrons. The van der Waals surface area contributed by atoms with E-state index in [1.165, 1.54) is 4.90 Å². The predicted octanol–water partition coefficient (Wildman–Crippen LogP) is 3.41. The second-order valence-electron chi connectivity index (χ2n) is 8.25. The van der Waals surface area contributed by atoms with Gasteiger partial charge in [0.2, 0.25) is 5.91 Å². The molecule has 7 heteroatoms. The summed E-state index contributed by atoms with van der Waals surface area (Å²) in [6, 6.07) is 13.7. The van der Waals surface area contributed by atoms with Crippen LogP contribution in [-0.4, -0.2) is 49.1 Å². The largest absolute Gasteiger partial charge is 0.497 e. The highest BCUT2D eigenvalue weighted by Crippen LogP contribution is 2.18. The normalized spacial score (nSPS) is 11.9. The molecule has 0 aliphatic heterocycles. The average Bonchev–Trinajstić information content (AvgIpc) is 2.75. The molecule has 0 saturated carbocycles. The fourth-order valence-electron chi connectivity index (χ4n) is 2.88. The molecule has 2 aromatic rings. The van der Waals surface area contributed by atoms with Crippen molar-refractivity contribution in [1.29, 1.82) is 0 Å². The van der Waals surface area contributed by atoms with Crippen LogP contribution in [0.15, 0.2) is 48.5 Å².